The zero-order chi connectivity index (χ0) is 24.9. The largest absolute Gasteiger partial charge is 0.299 e. The summed E-state index contributed by atoms with van der Waals surface area (Å²) in [6.45, 7) is 24.0. The number of allylic oxidation sites excluding steroid dienone is 1. The van der Waals surface area contributed by atoms with Gasteiger partial charge in [-0.15, -0.1) is 0 Å². The van der Waals surface area contributed by atoms with E-state index in [0.29, 0.717) is 45.2 Å². The number of Topliss-reactive ketones (excluding diaryl/α,β-unsaturated/α-hetero) is 1. The molecular formula is C33H54O. The quantitative estimate of drug-likeness (QED) is 0.356. The Morgan fingerprint density at radius 3 is 2.18 bits per heavy atom. The van der Waals surface area contributed by atoms with Gasteiger partial charge in [-0.25, -0.2) is 0 Å². The summed E-state index contributed by atoms with van der Waals surface area (Å²) in [5.41, 5.74) is 3.37. The maximum atomic E-state index is 12.9. The Morgan fingerprint density at radius 2 is 1.53 bits per heavy atom. The molecule has 0 amide bonds. The second-order valence-corrected chi connectivity index (χ2v) is 15.5. The van der Waals surface area contributed by atoms with E-state index in [1.54, 1.807) is 0 Å². The molecule has 1 nitrogen and oxygen atoms in total. The maximum absolute atomic E-state index is 12.9. The summed E-state index contributed by atoms with van der Waals surface area (Å²) in [6, 6.07) is 0. The predicted molar refractivity (Wildman–Crippen MR) is 143 cm³/mol. The molecular weight excluding hydrogens is 412 g/mol. The van der Waals surface area contributed by atoms with Crippen molar-refractivity contribution in [1.29, 1.82) is 0 Å². The second kappa shape index (κ2) is 7.71. The smallest absolute Gasteiger partial charge is 0.138 e. The van der Waals surface area contributed by atoms with Crippen LogP contribution in [0.2, 0.25) is 0 Å². The first-order valence-electron chi connectivity index (χ1n) is 15.0. The van der Waals surface area contributed by atoms with Crippen molar-refractivity contribution in [2.75, 3.05) is 0 Å². The van der Waals surface area contributed by atoms with Gasteiger partial charge >= 0.3 is 0 Å². The fourth-order valence-electron chi connectivity index (χ4n) is 11.9. The molecule has 0 N–H and O–H groups in total. The summed E-state index contributed by atoms with van der Waals surface area (Å²) < 4.78 is 0. The van der Waals surface area contributed by atoms with Gasteiger partial charge < -0.3 is 0 Å². The molecule has 1 heteroatoms. The van der Waals surface area contributed by atoms with E-state index in [4.69, 9.17) is 0 Å². The van der Waals surface area contributed by atoms with E-state index in [0.717, 1.165) is 24.2 Å². The molecule has 0 bridgehead atoms. The molecule has 5 aliphatic carbocycles. The summed E-state index contributed by atoms with van der Waals surface area (Å²) in [5.74, 6) is 5.18. The average Bonchev–Trinajstić information content (AvgIpc) is 3.33. The highest BCUT2D eigenvalue weighted by molar-refractivity contribution is 5.86. The van der Waals surface area contributed by atoms with Gasteiger partial charge in [0.05, 0.1) is 0 Å². The van der Waals surface area contributed by atoms with E-state index in [-0.39, 0.29) is 5.41 Å². The maximum Gasteiger partial charge on any atom is 0.138 e. The fourth-order valence-corrected chi connectivity index (χ4v) is 11.9. The van der Waals surface area contributed by atoms with Gasteiger partial charge in [-0.1, -0.05) is 60.6 Å². The van der Waals surface area contributed by atoms with E-state index >= 15 is 0 Å². The van der Waals surface area contributed by atoms with Gasteiger partial charge in [-0.05, 0) is 128 Å². The number of hydrogen-bond acceptors (Lipinski definition) is 1. The van der Waals surface area contributed by atoms with Crippen molar-refractivity contribution in [2.45, 2.75) is 126 Å². The van der Waals surface area contributed by atoms with Gasteiger partial charge in [0.1, 0.15) is 5.78 Å². The second-order valence-electron chi connectivity index (χ2n) is 15.5. The van der Waals surface area contributed by atoms with Gasteiger partial charge in [0.15, 0.2) is 0 Å². The van der Waals surface area contributed by atoms with Gasteiger partial charge in [-0.3, -0.25) is 4.79 Å². The number of rotatable bonds is 6. The molecule has 34 heavy (non-hydrogen) atoms. The standard InChI is InChI=1S/C33H54O/c1-21(2)24(22(3)4)11-10-23(5)25-14-16-31(9)27-13-12-26-29(6,7)28(34)15-17-32(26)20-33(27,32)19-18-30(25,31)8/h22-27H,1,10-20H2,2-9H3/t23-,24-,25-,26?,27+,30-,31+,32-,33+/m1/s1. The molecule has 5 saturated carbocycles. The van der Waals surface area contributed by atoms with Crippen molar-refractivity contribution in [3.63, 3.8) is 0 Å². The Morgan fingerprint density at radius 1 is 0.882 bits per heavy atom. The molecule has 0 aromatic heterocycles. The van der Waals surface area contributed by atoms with Gasteiger partial charge in [0.25, 0.3) is 0 Å². The van der Waals surface area contributed by atoms with Crippen LogP contribution in [0, 0.1) is 62.6 Å². The van der Waals surface area contributed by atoms with Crippen LogP contribution >= 0.6 is 0 Å². The van der Waals surface area contributed by atoms with Crippen LogP contribution in [-0.2, 0) is 4.79 Å². The summed E-state index contributed by atoms with van der Waals surface area (Å²) in [6.07, 6.45) is 14.7. The molecule has 0 aromatic carbocycles. The highest BCUT2D eigenvalue weighted by atomic mass is 16.1. The van der Waals surface area contributed by atoms with Gasteiger partial charge in [-0.2, -0.15) is 0 Å². The third-order valence-corrected chi connectivity index (χ3v) is 14.0. The number of carbonyl (C=O) groups is 1. The van der Waals surface area contributed by atoms with Crippen LogP contribution in [0.15, 0.2) is 12.2 Å². The first-order valence-corrected chi connectivity index (χ1v) is 15.0. The van der Waals surface area contributed by atoms with Crippen LogP contribution in [0.4, 0.5) is 0 Å². The van der Waals surface area contributed by atoms with E-state index in [2.05, 4.69) is 62.0 Å². The Hall–Kier alpha value is -0.590. The first kappa shape index (κ1) is 25.1. The Bertz CT molecular complexity index is 866. The molecule has 0 heterocycles. The minimum absolute atomic E-state index is 0.0860. The molecule has 5 fully saturated rings. The van der Waals surface area contributed by atoms with Crippen molar-refractivity contribution in [1.82, 2.24) is 0 Å². The van der Waals surface area contributed by atoms with E-state index in [1.807, 2.05) is 0 Å². The minimum Gasteiger partial charge on any atom is -0.299 e. The SMILES string of the molecule is C=C(C)[C@@H](CC[C@@H](C)[C@H]1CC[C@@]2(C)[C@@H]3CCC4C(C)(C)C(=O)CC[C@@]45C[C@@]35CC[C@]12C)C(C)C. The van der Waals surface area contributed by atoms with Crippen molar-refractivity contribution in [3.8, 4) is 0 Å². The third kappa shape index (κ3) is 3.00. The first-order chi connectivity index (χ1) is 15.8. The van der Waals surface area contributed by atoms with Crippen LogP contribution in [0.25, 0.3) is 0 Å². The van der Waals surface area contributed by atoms with Crippen molar-refractivity contribution >= 4 is 5.78 Å². The van der Waals surface area contributed by atoms with Gasteiger partial charge in [0, 0.05) is 11.8 Å². The number of hydrogen-bond donors (Lipinski definition) is 0. The molecule has 9 atom stereocenters. The lowest BCUT2D eigenvalue weighted by atomic mass is 9.42. The van der Waals surface area contributed by atoms with Crippen LogP contribution in [-0.4, -0.2) is 5.78 Å². The number of ketones is 1. The molecule has 1 unspecified atom stereocenters. The molecule has 2 spiro atoms. The van der Waals surface area contributed by atoms with Crippen molar-refractivity contribution < 1.29 is 4.79 Å². The Labute approximate surface area is 211 Å². The van der Waals surface area contributed by atoms with Crippen LogP contribution in [0.1, 0.15) is 126 Å². The zero-order valence-electron chi connectivity index (χ0n) is 23.9. The summed E-state index contributed by atoms with van der Waals surface area (Å²) >= 11 is 0. The lowest BCUT2D eigenvalue weighted by Gasteiger charge is -2.62. The van der Waals surface area contributed by atoms with Crippen LogP contribution in [0.5, 0.6) is 0 Å². The number of carbonyl (C=O) groups excluding carboxylic acids is 1. The molecule has 5 rings (SSSR count). The molecule has 192 valence electrons. The molecule has 5 aliphatic rings. The highest BCUT2D eigenvalue weighted by Crippen LogP contribution is 2.88. The minimum atomic E-state index is -0.0860. The fraction of sp³-hybridized carbons (Fsp3) is 0.909. The average molecular weight is 467 g/mol. The molecule has 0 aliphatic heterocycles. The van der Waals surface area contributed by atoms with E-state index < -0.39 is 0 Å². The topological polar surface area (TPSA) is 17.1 Å². The summed E-state index contributed by atoms with van der Waals surface area (Å²) in [4.78, 5) is 12.9. The van der Waals surface area contributed by atoms with E-state index in [1.165, 1.54) is 69.8 Å². The van der Waals surface area contributed by atoms with Crippen LogP contribution < -0.4 is 0 Å². The lowest BCUT2D eigenvalue weighted by Crippen LogP contribution is -2.57. The third-order valence-electron chi connectivity index (χ3n) is 14.0. The summed E-state index contributed by atoms with van der Waals surface area (Å²) in [5, 5.41) is 0. The Kier molecular flexibility index (Phi) is 5.68. The summed E-state index contributed by atoms with van der Waals surface area (Å²) in [7, 11) is 0. The highest BCUT2D eigenvalue weighted by Gasteiger charge is 2.82. The normalized spacial score (nSPS) is 48.4. The van der Waals surface area contributed by atoms with Crippen molar-refractivity contribution in [3.05, 3.63) is 12.2 Å². The van der Waals surface area contributed by atoms with Gasteiger partial charge in [0.2, 0.25) is 0 Å². The lowest BCUT2D eigenvalue weighted by molar-refractivity contribution is -0.157. The molecule has 0 saturated heterocycles. The predicted octanol–water partition coefficient (Wildman–Crippen LogP) is 9.26. The Balaban J connectivity index is 1.37. The number of fused-ring (bicyclic) bond motifs is 2. The molecule has 0 radical (unpaired) electrons. The van der Waals surface area contributed by atoms with Crippen molar-refractivity contribution in [2.24, 2.45) is 62.6 Å². The van der Waals surface area contributed by atoms with E-state index in [9.17, 15) is 4.79 Å². The zero-order valence-corrected chi connectivity index (χ0v) is 23.9. The molecule has 0 aromatic rings. The van der Waals surface area contributed by atoms with Crippen LogP contribution in [0.3, 0.4) is 0 Å². The monoisotopic (exact) mass is 466 g/mol.